The lowest BCUT2D eigenvalue weighted by atomic mass is 10.3. The van der Waals surface area contributed by atoms with Crippen LogP contribution in [0.3, 0.4) is 0 Å². The number of hydrogen-bond acceptors (Lipinski definition) is 3. The first-order chi connectivity index (χ1) is 5.74. The van der Waals surface area contributed by atoms with Crippen molar-refractivity contribution in [3.05, 3.63) is 23.9 Å². The van der Waals surface area contributed by atoms with Crippen LogP contribution >= 0.6 is 0 Å². The van der Waals surface area contributed by atoms with Gasteiger partial charge in [0.2, 0.25) is 5.88 Å². The van der Waals surface area contributed by atoms with Gasteiger partial charge in [-0.25, -0.2) is 4.98 Å². The van der Waals surface area contributed by atoms with Crippen LogP contribution < -0.4 is 4.74 Å². The molecule has 0 aromatic carbocycles. The lowest BCUT2D eigenvalue weighted by Crippen LogP contribution is -2.00. The topological polar surface area (TPSA) is 39.2 Å². The molecule has 1 aromatic rings. The standard InChI is InChI=1S/C9H11NO2/c1-3-12-9-6-4-5-8(10-9)7(2)11/h4-6H,3H2,1-2H3. The van der Waals surface area contributed by atoms with E-state index in [1.807, 2.05) is 6.92 Å². The number of ketones is 1. The van der Waals surface area contributed by atoms with E-state index in [1.54, 1.807) is 18.2 Å². The summed E-state index contributed by atoms with van der Waals surface area (Å²) in [6, 6.07) is 5.16. The molecule has 0 spiro atoms. The molecular weight excluding hydrogens is 154 g/mol. The van der Waals surface area contributed by atoms with Gasteiger partial charge in [-0.15, -0.1) is 0 Å². The number of aromatic nitrogens is 1. The molecule has 0 fully saturated rings. The predicted octanol–water partition coefficient (Wildman–Crippen LogP) is 1.68. The Hall–Kier alpha value is -1.38. The van der Waals surface area contributed by atoms with Gasteiger partial charge in [-0.3, -0.25) is 4.79 Å². The molecule has 3 nitrogen and oxygen atoms in total. The molecule has 1 aromatic heterocycles. The molecule has 0 saturated heterocycles. The van der Waals surface area contributed by atoms with Crippen LogP contribution in [0.4, 0.5) is 0 Å². The van der Waals surface area contributed by atoms with Gasteiger partial charge in [0.15, 0.2) is 5.78 Å². The van der Waals surface area contributed by atoms with Gasteiger partial charge in [-0.05, 0) is 13.0 Å². The zero-order valence-electron chi connectivity index (χ0n) is 7.20. The maximum absolute atomic E-state index is 10.9. The van der Waals surface area contributed by atoms with E-state index < -0.39 is 0 Å². The van der Waals surface area contributed by atoms with E-state index in [4.69, 9.17) is 4.74 Å². The Labute approximate surface area is 71.4 Å². The number of pyridine rings is 1. The molecule has 0 N–H and O–H groups in total. The summed E-state index contributed by atoms with van der Waals surface area (Å²) < 4.78 is 5.13. The fourth-order valence-corrected chi connectivity index (χ4v) is 0.839. The number of rotatable bonds is 3. The quantitative estimate of drug-likeness (QED) is 0.640. The molecule has 1 heterocycles. The average molecular weight is 165 g/mol. The Balaban J connectivity index is 2.88. The number of carbonyl (C=O) groups excluding carboxylic acids is 1. The highest BCUT2D eigenvalue weighted by atomic mass is 16.5. The Morgan fingerprint density at radius 2 is 2.33 bits per heavy atom. The van der Waals surface area contributed by atoms with E-state index in [2.05, 4.69) is 4.98 Å². The van der Waals surface area contributed by atoms with Crippen molar-refractivity contribution in [3.8, 4) is 5.88 Å². The number of carbonyl (C=O) groups is 1. The summed E-state index contributed by atoms with van der Waals surface area (Å²) >= 11 is 0. The minimum Gasteiger partial charge on any atom is -0.478 e. The smallest absolute Gasteiger partial charge is 0.213 e. The van der Waals surface area contributed by atoms with E-state index in [0.717, 1.165) is 0 Å². The second-order valence-electron chi connectivity index (χ2n) is 2.35. The van der Waals surface area contributed by atoms with Crippen LogP contribution in [0.15, 0.2) is 18.2 Å². The molecule has 0 aliphatic heterocycles. The molecule has 0 amide bonds. The molecule has 3 heteroatoms. The maximum atomic E-state index is 10.9. The van der Waals surface area contributed by atoms with Crippen molar-refractivity contribution in [2.75, 3.05) is 6.61 Å². The van der Waals surface area contributed by atoms with Gasteiger partial charge in [-0.1, -0.05) is 6.07 Å². The van der Waals surface area contributed by atoms with Crippen molar-refractivity contribution in [2.24, 2.45) is 0 Å². The predicted molar refractivity (Wildman–Crippen MR) is 45.4 cm³/mol. The summed E-state index contributed by atoms with van der Waals surface area (Å²) in [7, 11) is 0. The summed E-state index contributed by atoms with van der Waals surface area (Å²) in [6.07, 6.45) is 0. The molecule has 0 saturated carbocycles. The second kappa shape index (κ2) is 3.85. The SMILES string of the molecule is CCOc1cccc(C(C)=O)n1. The monoisotopic (exact) mass is 165 g/mol. The van der Waals surface area contributed by atoms with Crippen molar-refractivity contribution in [3.63, 3.8) is 0 Å². The first-order valence-electron chi connectivity index (χ1n) is 3.85. The van der Waals surface area contributed by atoms with Crippen LogP contribution in [0.1, 0.15) is 24.3 Å². The summed E-state index contributed by atoms with van der Waals surface area (Å²) in [5.74, 6) is 0.460. The molecule has 12 heavy (non-hydrogen) atoms. The molecule has 0 unspecified atom stereocenters. The fraction of sp³-hybridized carbons (Fsp3) is 0.333. The minimum absolute atomic E-state index is 0.0449. The van der Waals surface area contributed by atoms with Gasteiger partial charge in [0.25, 0.3) is 0 Å². The van der Waals surface area contributed by atoms with Crippen LogP contribution in [0.25, 0.3) is 0 Å². The molecular formula is C9H11NO2. The Kier molecular flexibility index (Phi) is 2.80. The van der Waals surface area contributed by atoms with Gasteiger partial charge in [0, 0.05) is 13.0 Å². The van der Waals surface area contributed by atoms with Crippen molar-refractivity contribution >= 4 is 5.78 Å². The Morgan fingerprint density at radius 3 is 2.92 bits per heavy atom. The third-order valence-electron chi connectivity index (χ3n) is 1.38. The summed E-state index contributed by atoms with van der Waals surface area (Å²) in [5.41, 5.74) is 0.445. The number of ether oxygens (including phenoxy) is 1. The first kappa shape index (κ1) is 8.71. The highest BCUT2D eigenvalue weighted by molar-refractivity contribution is 5.92. The third kappa shape index (κ3) is 2.05. The largest absolute Gasteiger partial charge is 0.478 e. The Morgan fingerprint density at radius 1 is 1.58 bits per heavy atom. The van der Waals surface area contributed by atoms with Gasteiger partial charge in [0.1, 0.15) is 5.69 Å². The molecule has 0 aliphatic carbocycles. The lowest BCUT2D eigenvalue weighted by molar-refractivity contribution is 0.101. The first-order valence-corrected chi connectivity index (χ1v) is 3.85. The molecule has 64 valence electrons. The van der Waals surface area contributed by atoms with E-state index in [9.17, 15) is 4.79 Å². The highest BCUT2D eigenvalue weighted by Gasteiger charge is 2.01. The average Bonchev–Trinajstić information content (AvgIpc) is 2.05. The van der Waals surface area contributed by atoms with Crippen LogP contribution in [0.2, 0.25) is 0 Å². The lowest BCUT2D eigenvalue weighted by Gasteiger charge is -2.01. The summed E-state index contributed by atoms with van der Waals surface area (Å²) in [4.78, 5) is 14.9. The number of hydrogen-bond donors (Lipinski definition) is 0. The summed E-state index contributed by atoms with van der Waals surface area (Å²) in [5, 5.41) is 0. The van der Waals surface area contributed by atoms with Gasteiger partial charge >= 0.3 is 0 Å². The highest BCUT2D eigenvalue weighted by Crippen LogP contribution is 2.07. The van der Waals surface area contributed by atoms with Crippen molar-refractivity contribution in [1.29, 1.82) is 0 Å². The van der Waals surface area contributed by atoms with Crippen molar-refractivity contribution in [1.82, 2.24) is 4.98 Å². The van der Waals surface area contributed by atoms with Crippen LogP contribution in [-0.2, 0) is 0 Å². The van der Waals surface area contributed by atoms with Crippen molar-refractivity contribution < 1.29 is 9.53 Å². The summed E-state index contributed by atoms with van der Waals surface area (Å²) in [6.45, 7) is 3.93. The van der Waals surface area contributed by atoms with E-state index in [0.29, 0.717) is 18.2 Å². The maximum Gasteiger partial charge on any atom is 0.213 e. The minimum atomic E-state index is -0.0449. The van der Waals surface area contributed by atoms with Gasteiger partial charge in [0.05, 0.1) is 6.61 Å². The van der Waals surface area contributed by atoms with Gasteiger partial charge < -0.3 is 4.74 Å². The molecule has 0 bridgehead atoms. The molecule has 0 atom stereocenters. The zero-order chi connectivity index (χ0) is 8.97. The van der Waals surface area contributed by atoms with Gasteiger partial charge in [-0.2, -0.15) is 0 Å². The molecule has 0 aliphatic rings. The van der Waals surface area contributed by atoms with E-state index in [1.165, 1.54) is 6.92 Å². The van der Waals surface area contributed by atoms with E-state index in [-0.39, 0.29) is 5.78 Å². The normalized spacial score (nSPS) is 9.50. The van der Waals surface area contributed by atoms with Crippen LogP contribution in [0, 0.1) is 0 Å². The fourth-order valence-electron chi connectivity index (χ4n) is 0.839. The zero-order valence-corrected chi connectivity index (χ0v) is 7.20. The second-order valence-corrected chi connectivity index (χ2v) is 2.35. The van der Waals surface area contributed by atoms with Crippen molar-refractivity contribution in [2.45, 2.75) is 13.8 Å². The molecule has 1 rings (SSSR count). The molecule has 0 radical (unpaired) electrons. The van der Waals surface area contributed by atoms with Crippen LogP contribution in [-0.4, -0.2) is 17.4 Å². The number of nitrogens with zero attached hydrogens (tertiary/aromatic N) is 1. The number of Topliss-reactive ketones (excluding diaryl/α,β-unsaturated/α-hetero) is 1. The Bertz CT molecular complexity index is 284. The van der Waals surface area contributed by atoms with Crippen LogP contribution in [0.5, 0.6) is 5.88 Å². The third-order valence-corrected chi connectivity index (χ3v) is 1.38. The van der Waals surface area contributed by atoms with E-state index >= 15 is 0 Å².